The molecule has 2 atom stereocenters. The van der Waals surface area contributed by atoms with Crippen molar-refractivity contribution < 1.29 is 9.53 Å². The third-order valence-electron chi connectivity index (χ3n) is 3.73. The first-order chi connectivity index (χ1) is 9.49. The molecule has 0 N–H and O–H groups in total. The summed E-state index contributed by atoms with van der Waals surface area (Å²) < 4.78 is 7.46. The van der Waals surface area contributed by atoms with E-state index in [-0.39, 0.29) is 12.5 Å². The summed E-state index contributed by atoms with van der Waals surface area (Å²) in [7, 11) is 0. The van der Waals surface area contributed by atoms with E-state index < -0.39 is 0 Å². The molecule has 1 fully saturated rings. The maximum atomic E-state index is 12.3. The van der Waals surface area contributed by atoms with Crippen molar-refractivity contribution in [1.29, 1.82) is 0 Å². The predicted molar refractivity (Wildman–Crippen MR) is 87.0 cm³/mol. The molecule has 110 valence electrons. The molecule has 0 radical (unpaired) electrons. The van der Waals surface area contributed by atoms with Crippen molar-refractivity contribution in [2.24, 2.45) is 0 Å². The van der Waals surface area contributed by atoms with Gasteiger partial charge in [-0.3, -0.25) is 4.79 Å². The standard InChI is InChI=1S/C15H19Br2NO2/c1-10-4-3-5-11(2)18(10)15(19)9-20-14-7-6-12(16)8-13(14)17/h6-8,10-11H,3-5,9H2,1-2H3. The van der Waals surface area contributed by atoms with E-state index in [1.54, 1.807) is 0 Å². The van der Waals surface area contributed by atoms with E-state index in [0.717, 1.165) is 21.8 Å². The van der Waals surface area contributed by atoms with Crippen LogP contribution < -0.4 is 4.74 Å². The summed E-state index contributed by atoms with van der Waals surface area (Å²) in [6, 6.07) is 6.28. The Bertz CT molecular complexity index is 483. The molecule has 1 aliphatic rings. The molecule has 1 aromatic carbocycles. The number of benzene rings is 1. The van der Waals surface area contributed by atoms with Gasteiger partial charge in [-0.25, -0.2) is 0 Å². The van der Waals surface area contributed by atoms with Crippen molar-refractivity contribution >= 4 is 37.8 Å². The second-order valence-electron chi connectivity index (χ2n) is 5.29. The Morgan fingerprint density at radius 2 is 1.95 bits per heavy atom. The summed E-state index contributed by atoms with van der Waals surface area (Å²) in [5.74, 6) is 0.762. The normalized spacial score (nSPS) is 22.7. The Labute approximate surface area is 136 Å². The van der Waals surface area contributed by atoms with Crippen molar-refractivity contribution in [2.75, 3.05) is 6.61 Å². The van der Waals surface area contributed by atoms with Crippen LogP contribution >= 0.6 is 31.9 Å². The number of rotatable bonds is 3. The van der Waals surface area contributed by atoms with Gasteiger partial charge in [-0.1, -0.05) is 15.9 Å². The maximum absolute atomic E-state index is 12.3. The Balaban J connectivity index is 1.97. The van der Waals surface area contributed by atoms with E-state index in [9.17, 15) is 4.79 Å². The Hall–Kier alpha value is -0.550. The first kappa shape index (κ1) is 15.8. The molecule has 0 aliphatic carbocycles. The second-order valence-corrected chi connectivity index (χ2v) is 7.06. The van der Waals surface area contributed by atoms with Gasteiger partial charge in [-0.15, -0.1) is 0 Å². The molecule has 1 heterocycles. The predicted octanol–water partition coefficient (Wildman–Crippen LogP) is 4.38. The summed E-state index contributed by atoms with van der Waals surface area (Å²) in [5, 5.41) is 0. The van der Waals surface area contributed by atoms with Crippen LogP contribution in [0.2, 0.25) is 0 Å². The molecule has 0 aromatic heterocycles. The van der Waals surface area contributed by atoms with Crippen molar-refractivity contribution in [3.63, 3.8) is 0 Å². The molecule has 3 nitrogen and oxygen atoms in total. The van der Waals surface area contributed by atoms with Crippen LogP contribution in [-0.2, 0) is 4.79 Å². The third kappa shape index (κ3) is 3.76. The lowest BCUT2D eigenvalue weighted by molar-refractivity contribution is -0.139. The van der Waals surface area contributed by atoms with Gasteiger partial charge >= 0.3 is 0 Å². The lowest BCUT2D eigenvalue weighted by Gasteiger charge is -2.39. The van der Waals surface area contributed by atoms with Crippen LogP contribution in [0.4, 0.5) is 0 Å². The molecular weight excluding hydrogens is 386 g/mol. The quantitative estimate of drug-likeness (QED) is 0.747. The second kappa shape index (κ2) is 6.94. The largest absolute Gasteiger partial charge is 0.483 e. The van der Waals surface area contributed by atoms with Gasteiger partial charge in [-0.05, 0) is 67.2 Å². The van der Waals surface area contributed by atoms with E-state index in [2.05, 4.69) is 45.7 Å². The number of piperidine rings is 1. The average molecular weight is 405 g/mol. The smallest absolute Gasteiger partial charge is 0.260 e. The minimum absolute atomic E-state index is 0.0690. The zero-order valence-electron chi connectivity index (χ0n) is 11.7. The number of halogens is 2. The monoisotopic (exact) mass is 403 g/mol. The number of carbonyl (C=O) groups is 1. The fourth-order valence-corrected chi connectivity index (χ4v) is 3.88. The topological polar surface area (TPSA) is 29.5 Å². The van der Waals surface area contributed by atoms with Crippen molar-refractivity contribution in [2.45, 2.75) is 45.2 Å². The van der Waals surface area contributed by atoms with Crippen LogP contribution in [0.3, 0.4) is 0 Å². The molecule has 2 rings (SSSR count). The zero-order valence-corrected chi connectivity index (χ0v) is 14.9. The van der Waals surface area contributed by atoms with E-state index in [0.29, 0.717) is 17.8 Å². The van der Waals surface area contributed by atoms with Gasteiger partial charge in [-0.2, -0.15) is 0 Å². The van der Waals surface area contributed by atoms with Crippen molar-refractivity contribution in [3.05, 3.63) is 27.1 Å². The molecule has 1 aromatic rings. The minimum Gasteiger partial charge on any atom is -0.483 e. The molecule has 5 heteroatoms. The molecule has 1 aliphatic heterocycles. The van der Waals surface area contributed by atoms with Crippen LogP contribution in [0.25, 0.3) is 0 Å². The summed E-state index contributed by atoms with van der Waals surface area (Å²) in [5.41, 5.74) is 0. The fraction of sp³-hybridized carbons (Fsp3) is 0.533. The lowest BCUT2D eigenvalue weighted by atomic mass is 9.97. The minimum atomic E-state index is 0.0690. The SMILES string of the molecule is CC1CCCC(C)N1C(=O)COc1ccc(Br)cc1Br. The number of carbonyl (C=O) groups excluding carboxylic acids is 1. The highest BCUT2D eigenvalue weighted by atomic mass is 79.9. The highest BCUT2D eigenvalue weighted by Crippen LogP contribution is 2.28. The molecule has 2 unspecified atom stereocenters. The van der Waals surface area contributed by atoms with Gasteiger partial charge in [0.2, 0.25) is 0 Å². The van der Waals surface area contributed by atoms with Crippen LogP contribution in [-0.4, -0.2) is 29.5 Å². The van der Waals surface area contributed by atoms with Crippen molar-refractivity contribution in [3.8, 4) is 5.75 Å². The number of nitrogens with zero attached hydrogens (tertiary/aromatic N) is 1. The fourth-order valence-electron chi connectivity index (χ4n) is 2.72. The van der Waals surface area contributed by atoms with Crippen LogP contribution in [0, 0.1) is 0 Å². The number of hydrogen-bond donors (Lipinski definition) is 0. The molecule has 0 spiro atoms. The molecule has 0 bridgehead atoms. The third-order valence-corrected chi connectivity index (χ3v) is 4.84. The Kier molecular flexibility index (Phi) is 5.49. The van der Waals surface area contributed by atoms with Gasteiger partial charge in [0, 0.05) is 16.6 Å². The maximum Gasteiger partial charge on any atom is 0.260 e. The van der Waals surface area contributed by atoms with E-state index in [1.807, 2.05) is 23.1 Å². The van der Waals surface area contributed by atoms with Crippen LogP contribution in [0.1, 0.15) is 33.1 Å². The number of likely N-dealkylation sites (tertiary alicyclic amines) is 1. The Morgan fingerprint density at radius 1 is 1.30 bits per heavy atom. The van der Waals surface area contributed by atoms with Gasteiger partial charge in [0.05, 0.1) is 4.47 Å². The van der Waals surface area contributed by atoms with Gasteiger partial charge in [0.15, 0.2) is 6.61 Å². The van der Waals surface area contributed by atoms with E-state index in [1.165, 1.54) is 6.42 Å². The lowest BCUT2D eigenvalue weighted by Crippen LogP contribution is -2.49. The molecule has 20 heavy (non-hydrogen) atoms. The number of hydrogen-bond acceptors (Lipinski definition) is 2. The van der Waals surface area contributed by atoms with Gasteiger partial charge < -0.3 is 9.64 Å². The highest BCUT2D eigenvalue weighted by molar-refractivity contribution is 9.11. The highest BCUT2D eigenvalue weighted by Gasteiger charge is 2.29. The number of ether oxygens (including phenoxy) is 1. The summed E-state index contributed by atoms with van der Waals surface area (Å²) in [4.78, 5) is 14.3. The van der Waals surface area contributed by atoms with Crippen molar-refractivity contribution in [1.82, 2.24) is 4.90 Å². The van der Waals surface area contributed by atoms with Gasteiger partial charge in [0.25, 0.3) is 5.91 Å². The molecular formula is C15H19Br2NO2. The first-order valence-electron chi connectivity index (χ1n) is 6.88. The van der Waals surface area contributed by atoms with E-state index >= 15 is 0 Å². The van der Waals surface area contributed by atoms with Gasteiger partial charge in [0.1, 0.15) is 5.75 Å². The number of amides is 1. The summed E-state index contributed by atoms with van der Waals surface area (Å²) >= 11 is 6.83. The van der Waals surface area contributed by atoms with E-state index in [4.69, 9.17) is 4.74 Å². The Morgan fingerprint density at radius 3 is 2.55 bits per heavy atom. The average Bonchev–Trinajstić information content (AvgIpc) is 2.37. The summed E-state index contributed by atoms with van der Waals surface area (Å²) in [6.07, 6.45) is 3.36. The molecule has 0 saturated carbocycles. The van der Waals surface area contributed by atoms with Crippen LogP contribution in [0.15, 0.2) is 27.1 Å². The molecule has 1 saturated heterocycles. The summed E-state index contributed by atoms with van der Waals surface area (Å²) in [6.45, 7) is 4.32. The zero-order chi connectivity index (χ0) is 14.7. The van der Waals surface area contributed by atoms with Crippen LogP contribution in [0.5, 0.6) is 5.75 Å². The molecule has 1 amide bonds. The first-order valence-corrected chi connectivity index (χ1v) is 8.46.